The van der Waals surface area contributed by atoms with Gasteiger partial charge in [0.05, 0.1) is 0 Å². The van der Waals surface area contributed by atoms with Gasteiger partial charge in [0.1, 0.15) is 5.82 Å². The first-order chi connectivity index (χ1) is 14.0. The van der Waals surface area contributed by atoms with Crippen molar-refractivity contribution in [3.05, 3.63) is 59.9 Å². The van der Waals surface area contributed by atoms with Crippen molar-refractivity contribution in [3.63, 3.8) is 0 Å². The van der Waals surface area contributed by atoms with Gasteiger partial charge >= 0.3 is 11.8 Å². The second-order valence-electron chi connectivity index (χ2n) is 7.19. The summed E-state index contributed by atoms with van der Waals surface area (Å²) in [5.41, 5.74) is 2.00. The second kappa shape index (κ2) is 10.0. The number of benzene rings is 2. The van der Waals surface area contributed by atoms with Gasteiger partial charge < -0.3 is 15.5 Å². The Morgan fingerprint density at radius 1 is 1.00 bits per heavy atom. The van der Waals surface area contributed by atoms with Crippen molar-refractivity contribution in [1.29, 1.82) is 0 Å². The molecule has 0 atom stereocenters. The Labute approximate surface area is 170 Å². The minimum absolute atomic E-state index is 0.268. The molecule has 2 amide bonds. The normalized spacial score (nSPS) is 14.5. The minimum Gasteiger partial charge on any atom is -0.369 e. The molecule has 0 unspecified atom stereocenters. The molecule has 154 valence electrons. The van der Waals surface area contributed by atoms with E-state index in [9.17, 15) is 14.0 Å². The number of nitrogens with zero attached hydrogens (tertiary/aromatic N) is 2. The van der Waals surface area contributed by atoms with Crippen LogP contribution >= 0.6 is 0 Å². The predicted molar refractivity (Wildman–Crippen MR) is 112 cm³/mol. The van der Waals surface area contributed by atoms with Crippen LogP contribution in [0.25, 0.3) is 0 Å². The minimum atomic E-state index is -0.787. The molecule has 7 heteroatoms. The van der Waals surface area contributed by atoms with Crippen LogP contribution in [-0.2, 0) is 9.59 Å². The maximum atomic E-state index is 13.5. The third-order valence-corrected chi connectivity index (χ3v) is 5.07. The van der Waals surface area contributed by atoms with Crippen LogP contribution in [0.4, 0.5) is 15.8 Å². The molecule has 0 aliphatic carbocycles. The highest BCUT2D eigenvalue weighted by molar-refractivity contribution is 6.39. The first-order valence-corrected chi connectivity index (χ1v) is 9.90. The molecular weight excluding hydrogens is 371 g/mol. The molecule has 6 nitrogen and oxygen atoms in total. The monoisotopic (exact) mass is 398 g/mol. The molecular formula is C22H27FN4O2. The zero-order valence-corrected chi connectivity index (χ0v) is 16.7. The van der Waals surface area contributed by atoms with Crippen LogP contribution in [0.5, 0.6) is 0 Å². The maximum Gasteiger partial charge on any atom is 0.313 e. The number of aryl methyl sites for hydroxylation is 1. The van der Waals surface area contributed by atoms with Crippen molar-refractivity contribution in [2.75, 3.05) is 49.5 Å². The van der Waals surface area contributed by atoms with E-state index in [1.165, 1.54) is 11.8 Å². The van der Waals surface area contributed by atoms with Gasteiger partial charge in [-0.3, -0.25) is 14.5 Å². The number of carbonyl (C=O) groups is 2. The fraction of sp³-hybridized carbons (Fsp3) is 0.364. The van der Waals surface area contributed by atoms with Crippen LogP contribution in [0.2, 0.25) is 0 Å². The predicted octanol–water partition coefficient (Wildman–Crippen LogP) is 2.40. The molecule has 3 rings (SSSR count). The Morgan fingerprint density at radius 3 is 2.41 bits per heavy atom. The van der Waals surface area contributed by atoms with E-state index in [2.05, 4.69) is 44.7 Å². The van der Waals surface area contributed by atoms with Gasteiger partial charge in [0.2, 0.25) is 0 Å². The van der Waals surface area contributed by atoms with Crippen LogP contribution in [0, 0.1) is 12.7 Å². The van der Waals surface area contributed by atoms with E-state index in [1.807, 2.05) is 6.07 Å². The first-order valence-electron chi connectivity index (χ1n) is 9.90. The molecule has 2 N–H and O–H groups in total. The highest BCUT2D eigenvalue weighted by Gasteiger charge is 2.17. The van der Waals surface area contributed by atoms with E-state index in [0.717, 1.165) is 39.1 Å². The highest BCUT2D eigenvalue weighted by Crippen LogP contribution is 2.15. The molecule has 0 saturated carbocycles. The maximum absolute atomic E-state index is 13.5. The SMILES string of the molecule is Cc1ccc(NC(=O)C(=O)NCCCN2CCN(c3ccccc3)CC2)cc1F. The summed E-state index contributed by atoms with van der Waals surface area (Å²) in [6, 6.07) is 14.7. The van der Waals surface area contributed by atoms with Crippen LogP contribution in [0.1, 0.15) is 12.0 Å². The van der Waals surface area contributed by atoms with E-state index in [-0.39, 0.29) is 5.69 Å². The van der Waals surface area contributed by atoms with E-state index in [1.54, 1.807) is 19.1 Å². The number of anilines is 2. The average Bonchev–Trinajstić information content (AvgIpc) is 2.74. The number of carbonyl (C=O) groups excluding carboxylic acids is 2. The summed E-state index contributed by atoms with van der Waals surface area (Å²) in [4.78, 5) is 28.6. The smallest absolute Gasteiger partial charge is 0.313 e. The second-order valence-corrected chi connectivity index (χ2v) is 7.19. The van der Waals surface area contributed by atoms with Crippen molar-refractivity contribution in [2.24, 2.45) is 0 Å². The summed E-state index contributed by atoms with van der Waals surface area (Å²) in [6.45, 7) is 6.83. The summed E-state index contributed by atoms with van der Waals surface area (Å²) in [7, 11) is 0. The van der Waals surface area contributed by atoms with Gasteiger partial charge in [-0.1, -0.05) is 24.3 Å². The average molecular weight is 398 g/mol. The quantitative estimate of drug-likeness (QED) is 0.579. The van der Waals surface area contributed by atoms with Crippen molar-refractivity contribution in [2.45, 2.75) is 13.3 Å². The zero-order valence-electron chi connectivity index (χ0n) is 16.7. The molecule has 0 bridgehead atoms. The fourth-order valence-corrected chi connectivity index (χ4v) is 3.31. The number of para-hydroxylation sites is 1. The fourth-order valence-electron chi connectivity index (χ4n) is 3.31. The van der Waals surface area contributed by atoms with Gasteiger partial charge in [-0.25, -0.2) is 4.39 Å². The lowest BCUT2D eigenvalue weighted by molar-refractivity contribution is -0.136. The molecule has 0 aromatic heterocycles. The van der Waals surface area contributed by atoms with Gasteiger partial charge in [0.25, 0.3) is 0 Å². The third-order valence-electron chi connectivity index (χ3n) is 5.07. The van der Waals surface area contributed by atoms with Crippen molar-refractivity contribution in [3.8, 4) is 0 Å². The molecule has 1 aliphatic heterocycles. The topological polar surface area (TPSA) is 64.7 Å². The Kier molecular flexibility index (Phi) is 7.19. The number of hydrogen-bond acceptors (Lipinski definition) is 4. The summed E-state index contributed by atoms with van der Waals surface area (Å²) in [6.07, 6.45) is 0.767. The summed E-state index contributed by atoms with van der Waals surface area (Å²) >= 11 is 0. The molecule has 1 heterocycles. The van der Waals surface area contributed by atoms with Crippen LogP contribution in [0.3, 0.4) is 0 Å². The summed E-state index contributed by atoms with van der Waals surface area (Å²) in [5.74, 6) is -1.92. The first kappa shape index (κ1) is 20.8. The summed E-state index contributed by atoms with van der Waals surface area (Å²) in [5, 5.41) is 5.03. The number of halogens is 1. The molecule has 1 fully saturated rings. The number of nitrogens with one attached hydrogen (secondary N) is 2. The van der Waals surface area contributed by atoms with Gasteiger partial charge in [0.15, 0.2) is 0 Å². The molecule has 2 aromatic rings. The number of rotatable bonds is 6. The summed E-state index contributed by atoms with van der Waals surface area (Å²) < 4.78 is 13.5. The van der Waals surface area contributed by atoms with E-state index in [0.29, 0.717) is 12.1 Å². The lowest BCUT2D eigenvalue weighted by Crippen LogP contribution is -2.47. The largest absolute Gasteiger partial charge is 0.369 e. The van der Waals surface area contributed by atoms with Gasteiger partial charge in [-0.15, -0.1) is 0 Å². The molecule has 2 aromatic carbocycles. The number of hydrogen-bond donors (Lipinski definition) is 2. The zero-order chi connectivity index (χ0) is 20.6. The molecule has 1 aliphatic rings. The Bertz CT molecular complexity index is 836. The van der Waals surface area contributed by atoms with Crippen LogP contribution in [-0.4, -0.2) is 56.0 Å². The molecule has 1 saturated heterocycles. The highest BCUT2D eigenvalue weighted by atomic mass is 19.1. The molecule has 29 heavy (non-hydrogen) atoms. The van der Waals surface area contributed by atoms with Crippen molar-refractivity contribution >= 4 is 23.2 Å². The van der Waals surface area contributed by atoms with E-state index < -0.39 is 17.6 Å². The standard InChI is InChI=1S/C22H27FN4O2/c1-17-8-9-18(16-20(17)23)25-22(29)21(28)24-10-5-11-26-12-14-27(15-13-26)19-6-3-2-4-7-19/h2-4,6-9,16H,5,10-15H2,1H3,(H,24,28)(H,25,29). The van der Waals surface area contributed by atoms with Crippen LogP contribution < -0.4 is 15.5 Å². The Balaban J connectivity index is 1.32. The number of piperazine rings is 1. The van der Waals surface area contributed by atoms with E-state index >= 15 is 0 Å². The van der Waals surface area contributed by atoms with Gasteiger partial charge in [0, 0.05) is 44.1 Å². The number of amides is 2. The van der Waals surface area contributed by atoms with E-state index in [4.69, 9.17) is 0 Å². The van der Waals surface area contributed by atoms with Gasteiger partial charge in [-0.2, -0.15) is 0 Å². The van der Waals surface area contributed by atoms with Crippen molar-refractivity contribution in [1.82, 2.24) is 10.2 Å². The van der Waals surface area contributed by atoms with Crippen molar-refractivity contribution < 1.29 is 14.0 Å². The lowest BCUT2D eigenvalue weighted by atomic mass is 10.2. The Morgan fingerprint density at radius 2 is 1.72 bits per heavy atom. The van der Waals surface area contributed by atoms with Crippen LogP contribution in [0.15, 0.2) is 48.5 Å². The van der Waals surface area contributed by atoms with Gasteiger partial charge in [-0.05, 0) is 49.7 Å². The lowest BCUT2D eigenvalue weighted by Gasteiger charge is -2.36. The third kappa shape index (κ3) is 6.02. The molecule has 0 radical (unpaired) electrons. The molecule has 0 spiro atoms. The Hall–Kier alpha value is -2.93.